The quantitative estimate of drug-likeness (QED) is 0.535. The SMILES string of the molecule is Cc1cn(-c2ccc3n(c2=O)CCN([C@@H](C)C2=CC(C)(C)Oc4ccc(C(F)(F)F)cc42)C3=O)cn1. The highest BCUT2D eigenvalue weighted by atomic mass is 19.4. The van der Waals surface area contributed by atoms with Crippen molar-refractivity contribution < 1.29 is 22.7 Å². The molecule has 0 aliphatic carbocycles. The van der Waals surface area contributed by atoms with Crippen LogP contribution in [0.5, 0.6) is 5.75 Å². The van der Waals surface area contributed by atoms with Crippen LogP contribution in [0, 0.1) is 6.92 Å². The molecule has 0 saturated heterocycles. The maximum absolute atomic E-state index is 13.5. The van der Waals surface area contributed by atoms with Gasteiger partial charge in [0.25, 0.3) is 11.5 Å². The lowest BCUT2D eigenvalue weighted by Crippen LogP contribution is -2.49. The normalized spacial score (nSPS) is 17.7. The molecule has 4 heterocycles. The number of carbonyl (C=O) groups excluding carboxylic acids is 1. The third kappa shape index (κ3) is 4.00. The Morgan fingerprint density at radius 3 is 2.53 bits per heavy atom. The number of imidazole rings is 1. The third-order valence-electron chi connectivity index (χ3n) is 6.60. The van der Waals surface area contributed by atoms with Gasteiger partial charge < -0.3 is 18.8 Å². The Morgan fingerprint density at radius 1 is 1.11 bits per heavy atom. The number of aromatic nitrogens is 3. The fourth-order valence-corrected chi connectivity index (χ4v) is 4.85. The Bertz CT molecular complexity index is 1470. The first-order valence-electron chi connectivity index (χ1n) is 11.5. The average Bonchev–Trinajstić information content (AvgIpc) is 3.23. The summed E-state index contributed by atoms with van der Waals surface area (Å²) in [5.41, 5.74) is 0.381. The van der Waals surface area contributed by atoms with E-state index in [1.807, 2.05) is 20.8 Å². The van der Waals surface area contributed by atoms with E-state index < -0.39 is 23.4 Å². The van der Waals surface area contributed by atoms with E-state index in [0.29, 0.717) is 22.6 Å². The lowest BCUT2D eigenvalue weighted by atomic mass is 9.88. The molecule has 188 valence electrons. The number of ether oxygens (including phenoxy) is 1. The number of nitrogens with zero attached hydrogens (tertiary/aromatic N) is 4. The van der Waals surface area contributed by atoms with Crippen molar-refractivity contribution in [3.05, 3.63) is 81.8 Å². The molecule has 2 aliphatic heterocycles. The van der Waals surface area contributed by atoms with E-state index in [4.69, 9.17) is 4.74 Å². The molecule has 2 aromatic heterocycles. The number of hydrogen-bond acceptors (Lipinski definition) is 4. The van der Waals surface area contributed by atoms with Crippen LogP contribution < -0.4 is 10.3 Å². The number of aryl methyl sites for hydroxylation is 1. The molecule has 0 bridgehead atoms. The van der Waals surface area contributed by atoms with Crippen LogP contribution in [-0.2, 0) is 12.7 Å². The Balaban J connectivity index is 1.52. The van der Waals surface area contributed by atoms with E-state index >= 15 is 0 Å². The summed E-state index contributed by atoms with van der Waals surface area (Å²) in [5, 5.41) is 0. The van der Waals surface area contributed by atoms with Crippen molar-refractivity contribution in [2.24, 2.45) is 0 Å². The zero-order chi connectivity index (χ0) is 26.0. The van der Waals surface area contributed by atoms with Gasteiger partial charge in [0.2, 0.25) is 0 Å². The van der Waals surface area contributed by atoms with Gasteiger partial charge in [-0.15, -0.1) is 0 Å². The van der Waals surface area contributed by atoms with Crippen LogP contribution in [0.4, 0.5) is 13.2 Å². The summed E-state index contributed by atoms with van der Waals surface area (Å²) >= 11 is 0. The predicted octanol–water partition coefficient (Wildman–Crippen LogP) is 4.46. The van der Waals surface area contributed by atoms with Crippen molar-refractivity contribution in [1.82, 2.24) is 19.0 Å². The van der Waals surface area contributed by atoms with E-state index in [-0.39, 0.29) is 30.2 Å². The molecule has 36 heavy (non-hydrogen) atoms. The second kappa shape index (κ2) is 8.11. The molecule has 5 rings (SSSR count). The number of benzene rings is 1. The highest BCUT2D eigenvalue weighted by Gasteiger charge is 2.38. The van der Waals surface area contributed by atoms with Gasteiger partial charge in [0.15, 0.2) is 0 Å². The standard InChI is InChI=1S/C26H25F3N4O3/c1-15-13-31(14-30-15)20-6-7-21-24(35)32(9-10-33(21)23(20)34)16(2)19-12-25(3,4)36-22-8-5-17(11-18(19)22)26(27,28)29/h5-8,11-14,16H,9-10H2,1-4H3/t16-/m0/s1. The summed E-state index contributed by atoms with van der Waals surface area (Å²) < 4.78 is 49.3. The molecule has 1 amide bonds. The number of fused-ring (bicyclic) bond motifs is 2. The fraction of sp³-hybridized carbons (Fsp3) is 0.346. The lowest BCUT2D eigenvalue weighted by Gasteiger charge is -2.39. The van der Waals surface area contributed by atoms with Gasteiger partial charge in [-0.2, -0.15) is 13.2 Å². The lowest BCUT2D eigenvalue weighted by molar-refractivity contribution is -0.137. The van der Waals surface area contributed by atoms with Gasteiger partial charge in [-0.05, 0) is 69.7 Å². The van der Waals surface area contributed by atoms with Gasteiger partial charge in [-0.25, -0.2) is 4.98 Å². The zero-order valence-corrected chi connectivity index (χ0v) is 20.3. The second-order valence-electron chi connectivity index (χ2n) is 9.67. The van der Waals surface area contributed by atoms with Crippen LogP contribution >= 0.6 is 0 Å². The van der Waals surface area contributed by atoms with Crippen LogP contribution in [0.15, 0.2) is 53.7 Å². The van der Waals surface area contributed by atoms with E-state index in [1.165, 1.54) is 10.6 Å². The highest BCUT2D eigenvalue weighted by molar-refractivity contribution is 5.95. The molecule has 0 radical (unpaired) electrons. The molecule has 7 nitrogen and oxygen atoms in total. The molecule has 0 unspecified atom stereocenters. The zero-order valence-electron chi connectivity index (χ0n) is 20.3. The smallest absolute Gasteiger partial charge is 0.416 e. The molecule has 0 N–H and O–H groups in total. The van der Waals surface area contributed by atoms with Gasteiger partial charge in [-0.3, -0.25) is 9.59 Å². The van der Waals surface area contributed by atoms with Gasteiger partial charge >= 0.3 is 6.18 Å². The molecule has 1 aromatic carbocycles. The first kappa shape index (κ1) is 23.9. The Labute approximate surface area is 205 Å². The van der Waals surface area contributed by atoms with Crippen molar-refractivity contribution in [2.75, 3.05) is 6.54 Å². The molecule has 10 heteroatoms. The molecule has 0 saturated carbocycles. The van der Waals surface area contributed by atoms with E-state index in [2.05, 4.69) is 4.98 Å². The summed E-state index contributed by atoms with van der Waals surface area (Å²) in [6.07, 6.45) is 0.529. The number of amides is 1. The minimum absolute atomic E-state index is 0.228. The molecule has 1 atom stereocenters. The number of alkyl halides is 3. The van der Waals surface area contributed by atoms with Crippen LogP contribution in [0.3, 0.4) is 0 Å². The largest absolute Gasteiger partial charge is 0.483 e. The minimum atomic E-state index is -4.51. The van der Waals surface area contributed by atoms with Crippen LogP contribution in [0.1, 0.15) is 48.1 Å². The molecule has 3 aromatic rings. The number of hydrogen-bond donors (Lipinski definition) is 0. The van der Waals surface area contributed by atoms with Crippen LogP contribution in [-0.4, -0.2) is 43.1 Å². The third-order valence-corrected chi connectivity index (χ3v) is 6.60. The molecule has 2 aliphatic rings. The number of rotatable bonds is 3. The van der Waals surface area contributed by atoms with Crippen LogP contribution in [0.25, 0.3) is 11.3 Å². The first-order chi connectivity index (χ1) is 16.9. The number of pyridine rings is 1. The maximum atomic E-state index is 13.5. The van der Waals surface area contributed by atoms with Gasteiger partial charge in [0.1, 0.15) is 22.7 Å². The Kier molecular flexibility index (Phi) is 5.38. The molecular formula is C26H25F3N4O3. The summed E-state index contributed by atoms with van der Waals surface area (Å²) in [7, 11) is 0. The van der Waals surface area contributed by atoms with Gasteiger partial charge in [0, 0.05) is 24.8 Å². The summed E-state index contributed by atoms with van der Waals surface area (Å²) in [5.74, 6) is -0.0309. The number of carbonyl (C=O) groups is 1. The van der Waals surface area contributed by atoms with Crippen molar-refractivity contribution in [1.29, 1.82) is 0 Å². The van der Waals surface area contributed by atoms with Gasteiger partial charge in [-0.1, -0.05) is 0 Å². The van der Waals surface area contributed by atoms with Crippen molar-refractivity contribution in [3.8, 4) is 11.4 Å². The van der Waals surface area contributed by atoms with Crippen molar-refractivity contribution in [2.45, 2.75) is 52.1 Å². The molecule has 0 fully saturated rings. The minimum Gasteiger partial charge on any atom is -0.483 e. The maximum Gasteiger partial charge on any atom is 0.416 e. The first-order valence-corrected chi connectivity index (χ1v) is 11.5. The van der Waals surface area contributed by atoms with E-state index in [1.54, 1.807) is 47.1 Å². The van der Waals surface area contributed by atoms with Crippen molar-refractivity contribution in [3.63, 3.8) is 0 Å². The predicted molar refractivity (Wildman–Crippen MR) is 127 cm³/mol. The van der Waals surface area contributed by atoms with Crippen molar-refractivity contribution >= 4 is 11.5 Å². The van der Waals surface area contributed by atoms with E-state index in [0.717, 1.165) is 17.8 Å². The molecular weight excluding hydrogens is 473 g/mol. The fourth-order valence-electron chi connectivity index (χ4n) is 4.85. The van der Waals surface area contributed by atoms with E-state index in [9.17, 15) is 22.8 Å². The average molecular weight is 499 g/mol. The molecule has 0 spiro atoms. The van der Waals surface area contributed by atoms with Crippen LogP contribution in [0.2, 0.25) is 0 Å². The second-order valence-corrected chi connectivity index (χ2v) is 9.67. The monoisotopic (exact) mass is 498 g/mol. The topological polar surface area (TPSA) is 69.4 Å². The number of halogens is 3. The summed E-state index contributed by atoms with van der Waals surface area (Å²) in [6.45, 7) is 7.71. The highest BCUT2D eigenvalue weighted by Crippen LogP contribution is 2.42. The summed E-state index contributed by atoms with van der Waals surface area (Å²) in [6, 6.07) is 6.03. The Morgan fingerprint density at radius 2 is 1.86 bits per heavy atom. The summed E-state index contributed by atoms with van der Waals surface area (Å²) in [4.78, 5) is 32.4. The Hall–Kier alpha value is -3.82. The van der Waals surface area contributed by atoms with Gasteiger partial charge in [0.05, 0.1) is 23.6 Å².